The third-order valence-electron chi connectivity index (χ3n) is 4.80. The molecule has 6 nitrogen and oxygen atoms in total. The molecule has 0 aliphatic heterocycles. The van der Waals surface area contributed by atoms with Gasteiger partial charge >= 0.3 is 5.97 Å². The number of aromatic carboxylic acids is 1. The van der Waals surface area contributed by atoms with Gasteiger partial charge < -0.3 is 9.52 Å². The lowest BCUT2D eigenvalue weighted by molar-refractivity contribution is 0.0696. The Hall–Kier alpha value is -3.71. The largest absolute Gasteiger partial charge is 0.478 e. The first-order valence-electron chi connectivity index (χ1n) is 8.87. The number of imidazole rings is 1. The molecular formula is C22H14N2O4S. The van der Waals surface area contributed by atoms with Crippen molar-refractivity contribution in [2.24, 2.45) is 0 Å². The molecule has 0 atom stereocenters. The number of aryl methyl sites for hydroxylation is 1. The molecule has 2 aromatic carbocycles. The number of thiazole rings is 1. The van der Waals surface area contributed by atoms with Gasteiger partial charge in [-0.15, -0.1) is 0 Å². The lowest BCUT2D eigenvalue weighted by Crippen LogP contribution is -2.22. The molecule has 0 aliphatic carbocycles. The van der Waals surface area contributed by atoms with Crippen LogP contribution in [0, 0.1) is 6.92 Å². The molecule has 5 aromatic rings. The number of furan rings is 1. The average molecular weight is 402 g/mol. The predicted octanol–water partition coefficient (Wildman–Crippen LogP) is 3.72. The first-order valence-corrected chi connectivity index (χ1v) is 9.69. The van der Waals surface area contributed by atoms with Crippen molar-refractivity contribution < 1.29 is 14.3 Å². The Morgan fingerprint density at radius 3 is 2.83 bits per heavy atom. The summed E-state index contributed by atoms with van der Waals surface area (Å²) < 4.78 is 7.98. The van der Waals surface area contributed by atoms with Gasteiger partial charge in [0.1, 0.15) is 16.1 Å². The molecule has 1 N–H and O–H groups in total. The molecule has 0 fully saturated rings. The van der Waals surface area contributed by atoms with Gasteiger partial charge in [-0.1, -0.05) is 35.6 Å². The van der Waals surface area contributed by atoms with Crippen LogP contribution in [-0.4, -0.2) is 20.5 Å². The number of aromatic nitrogens is 2. The topological polar surface area (TPSA) is 84.8 Å². The second kappa shape index (κ2) is 6.42. The number of rotatable bonds is 3. The quantitative estimate of drug-likeness (QED) is 0.497. The van der Waals surface area contributed by atoms with E-state index in [1.807, 2.05) is 30.3 Å². The first kappa shape index (κ1) is 17.4. The average Bonchev–Trinajstić information content (AvgIpc) is 3.38. The van der Waals surface area contributed by atoms with E-state index in [4.69, 9.17) is 4.42 Å². The number of carboxylic acids is 1. The number of fused-ring (bicyclic) bond motifs is 3. The Kier molecular flexibility index (Phi) is 3.85. The molecule has 0 amide bonds. The Labute approximate surface area is 168 Å². The van der Waals surface area contributed by atoms with E-state index in [1.54, 1.807) is 41.7 Å². The van der Waals surface area contributed by atoms with E-state index < -0.39 is 5.97 Å². The van der Waals surface area contributed by atoms with Crippen LogP contribution in [0.5, 0.6) is 0 Å². The molecule has 0 saturated heterocycles. The maximum absolute atomic E-state index is 12.8. The molecular weight excluding hydrogens is 388 g/mol. The molecule has 3 heterocycles. The smallest absolute Gasteiger partial charge is 0.335 e. The van der Waals surface area contributed by atoms with E-state index in [1.165, 1.54) is 11.3 Å². The highest BCUT2D eigenvalue weighted by Crippen LogP contribution is 2.25. The van der Waals surface area contributed by atoms with Crippen molar-refractivity contribution in [2.45, 2.75) is 6.92 Å². The van der Waals surface area contributed by atoms with Crippen LogP contribution in [0.15, 0.2) is 63.8 Å². The van der Waals surface area contributed by atoms with Crippen molar-refractivity contribution >= 4 is 39.4 Å². The molecule has 3 aromatic heterocycles. The van der Waals surface area contributed by atoms with Crippen LogP contribution in [0.3, 0.4) is 0 Å². The van der Waals surface area contributed by atoms with E-state index in [0.717, 1.165) is 11.0 Å². The first-order chi connectivity index (χ1) is 14.0. The summed E-state index contributed by atoms with van der Waals surface area (Å²) in [4.78, 5) is 29.3. The predicted molar refractivity (Wildman–Crippen MR) is 111 cm³/mol. The zero-order valence-corrected chi connectivity index (χ0v) is 16.1. The summed E-state index contributed by atoms with van der Waals surface area (Å²) in [5.41, 5.74) is 3.02. The minimum Gasteiger partial charge on any atom is -0.478 e. The van der Waals surface area contributed by atoms with Crippen molar-refractivity contribution in [3.8, 4) is 11.3 Å². The van der Waals surface area contributed by atoms with Gasteiger partial charge in [-0.2, -0.15) is 0 Å². The summed E-state index contributed by atoms with van der Waals surface area (Å²) in [7, 11) is 0. The number of nitrogens with zero attached hydrogens (tertiary/aromatic N) is 2. The lowest BCUT2D eigenvalue weighted by atomic mass is 10.0. The third-order valence-corrected chi connectivity index (χ3v) is 5.77. The fourth-order valence-electron chi connectivity index (χ4n) is 3.33. The van der Waals surface area contributed by atoms with Crippen LogP contribution in [0.1, 0.15) is 21.7 Å². The Balaban J connectivity index is 1.59. The van der Waals surface area contributed by atoms with Crippen molar-refractivity contribution in [1.82, 2.24) is 9.38 Å². The zero-order valence-electron chi connectivity index (χ0n) is 15.2. The van der Waals surface area contributed by atoms with Crippen LogP contribution in [-0.2, 0) is 0 Å². The van der Waals surface area contributed by atoms with Gasteiger partial charge in [0.05, 0.1) is 16.6 Å². The van der Waals surface area contributed by atoms with E-state index in [-0.39, 0.29) is 11.1 Å². The van der Waals surface area contributed by atoms with Gasteiger partial charge in [0, 0.05) is 11.6 Å². The number of para-hydroxylation sites is 2. The number of hydrogen-bond donors (Lipinski definition) is 1. The number of benzene rings is 2. The van der Waals surface area contributed by atoms with Crippen molar-refractivity contribution in [2.75, 3.05) is 0 Å². The van der Waals surface area contributed by atoms with Crippen LogP contribution in [0.4, 0.5) is 0 Å². The van der Waals surface area contributed by atoms with Crippen LogP contribution < -0.4 is 10.1 Å². The Morgan fingerprint density at radius 1 is 1.17 bits per heavy atom. The van der Waals surface area contributed by atoms with Crippen LogP contribution >= 0.6 is 11.3 Å². The third kappa shape index (κ3) is 2.83. The molecule has 142 valence electrons. The summed E-state index contributed by atoms with van der Waals surface area (Å²) in [5.74, 6) is 0.0780. The summed E-state index contributed by atoms with van der Waals surface area (Å²) >= 11 is 1.30. The lowest BCUT2D eigenvalue weighted by Gasteiger charge is -2.03. The molecule has 5 rings (SSSR count). The van der Waals surface area contributed by atoms with Crippen molar-refractivity contribution in [3.05, 3.63) is 86.4 Å². The Bertz CT molecular complexity index is 1520. The maximum atomic E-state index is 12.8. The van der Waals surface area contributed by atoms with E-state index in [0.29, 0.717) is 32.1 Å². The summed E-state index contributed by atoms with van der Waals surface area (Å²) in [6.45, 7) is 1.75. The normalized spacial score (nSPS) is 12.2. The summed E-state index contributed by atoms with van der Waals surface area (Å²) in [6.07, 6.45) is 1.69. The van der Waals surface area contributed by atoms with Crippen LogP contribution in [0.25, 0.3) is 33.4 Å². The molecule has 0 bridgehead atoms. The molecule has 0 aliphatic rings. The highest BCUT2D eigenvalue weighted by molar-refractivity contribution is 7.15. The number of carbonyl (C=O) groups is 1. The molecule has 0 spiro atoms. The molecule has 7 heteroatoms. The monoisotopic (exact) mass is 402 g/mol. The molecule has 0 saturated carbocycles. The van der Waals surface area contributed by atoms with Crippen molar-refractivity contribution in [1.29, 1.82) is 0 Å². The van der Waals surface area contributed by atoms with Gasteiger partial charge in [-0.3, -0.25) is 4.79 Å². The van der Waals surface area contributed by atoms with Gasteiger partial charge in [0.15, 0.2) is 4.96 Å². The van der Waals surface area contributed by atoms with E-state index in [2.05, 4.69) is 4.98 Å². The van der Waals surface area contributed by atoms with Gasteiger partial charge in [0.25, 0.3) is 5.56 Å². The standard InChI is InChI=1S/C22H14N2O4S/c1-12-6-7-13(10-15(12)21(26)27)18-9-8-14(28-18)11-19-20(25)24-17-5-3-2-4-16(17)23-22(24)29-19/h2-11H,1H3,(H,26,27)/b19-11-. The fraction of sp³-hybridized carbons (Fsp3) is 0.0455. The van der Waals surface area contributed by atoms with Gasteiger partial charge in [-0.25, -0.2) is 14.2 Å². The van der Waals surface area contributed by atoms with E-state index in [9.17, 15) is 14.7 Å². The maximum Gasteiger partial charge on any atom is 0.335 e. The molecule has 29 heavy (non-hydrogen) atoms. The summed E-state index contributed by atoms with van der Waals surface area (Å²) in [5, 5.41) is 9.31. The zero-order chi connectivity index (χ0) is 20.1. The number of hydrogen-bond acceptors (Lipinski definition) is 5. The highest BCUT2D eigenvalue weighted by atomic mass is 32.1. The SMILES string of the molecule is Cc1ccc(-c2ccc(/C=c3\sc4nc5ccccc5n4c3=O)o2)cc1C(=O)O. The van der Waals surface area contributed by atoms with E-state index >= 15 is 0 Å². The second-order valence-electron chi connectivity index (χ2n) is 6.67. The minimum absolute atomic E-state index is 0.139. The molecule has 0 radical (unpaired) electrons. The minimum atomic E-state index is -0.979. The Morgan fingerprint density at radius 2 is 2.00 bits per heavy atom. The number of carboxylic acid groups (broad SMARTS) is 1. The second-order valence-corrected chi connectivity index (χ2v) is 7.68. The van der Waals surface area contributed by atoms with Crippen LogP contribution in [0.2, 0.25) is 0 Å². The summed E-state index contributed by atoms with van der Waals surface area (Å²) in [6, 6.07) is 16.2. The fourth-order valence-corrected chi connectivity index (χ4v) is 4.30. The highest BCUT2D eigenvalue weighted by Gasteiger charge is 2.13. The van der Waals surface area contributed by atoms with Gasteiger partial charge in [-0.05, 0) is 42.8 Å². The van der Waals surface area contributed by atoms with Gasteiger partial charge in [0.2, 0.25) is 0 Å². The molecule has 0 unspecified atom stereocenters. The van der Waals surface area contributed by atoms with Crippen molar-refractivity contribution in [3.63, 3.8) is 0 Å².